The first-order chi connectivity index (χ1) is 8.76. The van der Waals surface area contributed by atoms with Gasteiger partial charge >= 0.3 is 0 Å². The molecule has 0 saturated carbocycles. The van der Waals surface area contributed by atoms with Crippen LogP contribution in [0.3, 0.4) is 0 Å². The lowest BCUT2D eigenvalue weighted by Crippen LogP contribution is -2.22. The predicted molar refractivity (Wildman–Crippen MR) is 72.6 cm³/mol. The van der Waals surface area contributed by atoms with Crippen molar-refractivity contribution in [2.45, 2.75) is 24.7 Å². The molecule has 0 saturated heterocycles. The number of carbonyl (C=O) groups excluding carboxylic acids is 1. The average molecular weight is 264 g/mol. The van der Waals surface area contributed by atoms with Crippen LogP contribution in [0.2, 0.25) is 0 Å². The molecule has 0 bridgehead atoms. The number of thioether (sulfide) groups is 1. The summed E-state index contributed by atoms with van der Waals surface area (Å²) in [6, 6.07) is 8.07. The molecule has 96 valence electrons. The molecule has 0 unspecified atom stereocenters. The van der Waals surface area contributed by atoms with Gasteiger partial charge in [-0.1, -0.05) is 37.2 Å². The number of anilines is 1. The monoisotopic (exact) mass is 264 g/mol. The molecular weight excluding hydrogens is 248 g/mol. The Labute approximate surface area is 111 Å². The Kier molecular flexibility index (Phi) is 4.28. The van der Waals surface area contributed by atoms with Crippen molar-refractivity contribution in [3.63, 3.8) is 0 Å². The second-order valence-corrected chi connectivity index (χ2v) is 5.10. The van der Waals surface area contributed by atoms with Crippen molar-refractivity contribution >= 4 is 23.4 Å². The third-order valence-corrected chi connectivity index (χ3v) is 3.85. The number of nitrogens with zero attached hydrogens (tertiary/aromatic N) is 1. The van der Waals surface area contributed by atoms with E-state index in [0.717, 1.165) is 35.0 Å². The maximum Gasteiger partial charge on any atom is 0.269 e. The summed E-state index contributed by atoms with van der Waals surface area (Å²) in [6.07, 6.45) is 3.59. The molecule has 0 fully saturated rings. The van der Waals surface area contributed by atoms with Crippen molar-refractivity contribution in [1.82, 2.24) is 5.48 Å². The maximum atomic E-state index is 11.3. The van der Waals surface area contributed by atoms with Gasteiger partial charge in [-0.25, -0.2) is 5.48 Å². The number of unbranched alkanes of at least 4 members (excludes halogenated alkanes) is 1. The molecule has 1 aliphatic heterocycles. The van der Waals surface area contributed by atoms with E-state index in [4.69, 9.17) is 5.21 Å². The second-order valence-electron chi connectivity index (χ2n) is 4.03. The van der Waals surface area contributed by atoms with Crippen molar-refractivity contribution in [3.05, 3.63) is 35.4 Å². The number of hydrogen-bond donors (Lipinski definition) is 2. The zero-order chi connectivity index (χ0) is 13.0. The molecule has 1 heterocycles. The number of amides is 1. The minimum Gasteiger partial charge on any atom is -0.335 e. The van der Waals surface area contributed by atoms with Crippen molar-refractivity contribution in [2.75, 3.05) is 11.4 Å². The lowest BCUT2D eigenvalue weighted by Gasteiger charge is -2.19. The van der Waals surface area contributed by atoms with E-state index in [1.54, 1.807) is 17.2 Å². The van der Waals surface area contributed by atoms with E-state index >= 15 is 0 Å². The molecule has 0 aromatic heterocycles. The number of fused-ring (bicyclic) bond motifs is 1. The summed E-state index contributed by atoms with van der Waals surface area (Å²) >= 11 is 1.55. The Balaban J connectivity index is 2.27. The predicted octanol–water partition coefficient (Wildman–Crippen LogP) is 2.75. The Hall–Kier alpha value is -1.46. The lowest BCUT2D eigenvalue weighted by molar-refractivity contribution is -0.124. The zero-order valence-electron chi connectivity index (χ0n) is 10.2. The highest BCUT2D eigenvalue weighted by molar-refractivity contribution is 8.03. The van der Waals surface area contributed by atoms with Gasteiger partial charge in [-0.05, 0) is 18.6 Å². The summed E-state index contributed by atoms with van der Waals surface area (Å²) in [6.45, 7) is 3.02. The Morgan fingerprint density at radius 3 is 3.00 bits per heavy atom. The summed E-state index contributed by atoms with van der Waals surface area (Å²) in [4.78, 5) is 14.5. The highest BCUT2D eigenvalue weighted by Gasteiger charge is 2.24. The highest BCUT2D eigenvalue weighted by Crippen LogP contribution is 2.45. The van der Waals surface area contributed by atoms with Crippen LogP contribution in [0.1, 0.15) is 19.8 Å². The number of benzene rings is 1. The Bertz CT molecular complexity index is 474. The minimum atomic E-state index is -0.494. The van der Waals surface area contributed by atoms with Gasteiger partial charge in [0.25, 0.3) is 5.91 Å². The number of nitrogens with one attached hydrogen (secondary N) is 1. The fourth-order valence-electron chi connectivity index (χ4n) is 1.85. The van der Waals surface area contributed by atoms with Crippen molar-refractivity contribution in [2.24, 2.45) is 0 Å². The molecule has 0 aliphatic carbocycles. The van der Waals surface area contributed by atoms with E-state index in [1.165, 1.54) is 6.08 Å². The summed E-state index contributed by atoms with van der Waals surface area (Å²) in [5, 5.41) is 9.46. The summed E-state index contributed by atoms with van der Waals surface area (Å²) < 4.78 is 0. The zero-order valence-corrected chi connectivity index (χ0v) is 11.0. The van der Waals surface area contributed by atoms with Crippen LogP contribution < -0.4 is 10.4 Å². The molecule has 1 aromatic rings. The molecule has 1 aromatic carbocycles. The molecule has 5 heteroatoms. The van der Waals surface area contributed by atoms with Crippen molar-refractivity contribution in [1.29, 1.82) is 0 Å². The van der Waals surface area contributed by atoms with Crippen LogP contribution in [0.5, 0.6) is 0 Å². The normalized spacial score (nSPS) is 15.9. The van der Waals surface area contributed by atoms with Gasteiger partial charge in [0.05, 0.1) is 10.7 Å². The Morgan fingerprint density at radius 1 is 1.50 bits per heavy atom. The van der Waals surface area contributed by atoms with E-state index < -0.39 is 5.91 Å². The van der Waals surface area contributed by atoms with Crippen molar-refractivity contribution < 1.29 is 10.0 Å². The molecular formula is C13H16N2O2S. The summed E-state index contributed by atoms with van der Waals surface area (Å²) in [5.74, 6) is -0.494. The van der Waals surface area contributed by atoms with Gasteiger partial charge < -0.3 is 4.90 Å². The van der Waals surface area contributed by atoms with Crippen molar-refractivity contribution in [3.8, 4) is 0 Å². The average Bonchev–Trinajstić information content (AvgIpc) is 2.73. The molecule has 0 atom stereocenters. The van der Waals surface area contributed by atoms with E-state index in [-0.39, 0.29) is 0 Å². The molecule has 2 N–H and O–H groups in total. The minimum absolute atomic E-state index is 0.494. The standard InChI is InChI=1S/C13H16N2O2S/c1-2-3-8-15-10-6-4-5-7-11(10)18-13(15)9-12(16)14-17/h4-7,9,17H,2-3,8H2,1H3,(H,14,16)/b13-9-. The SMILES string of the molecule is CCCCN1/C(=C/C(=O)NO)Sc2ccccc21. The van der Waals surface area contributed by atoms with Crippen LogP contribution in [0, 0.1) is 0 Å². The van der Waals surface area contributed by atoms with E-state index in [9.17, 15) is 4.79 Å². The second kappa shape index (κ2) is 5.93. The third kappa shape index (κ3) is 2.68. The highest BCUT2D eigenvalue weighted by atomic mass is 32.2. The van der Waals surface area contributed by atoms with Gasteiger partial charge in [0, 0.05) is 17.5 Å². The molecule has 1 aliphatic rings. The number of hydrogen-bond acceptors (Lipinski definition) is 4. The molecule has 1 amide bonds. The quantitative estimate of drug-likeness (QED) is 0.499. The molecule has 0 spiro atoms. The van der Waals surface area contributed by atoms with Gasteiger partial charge in [-0.15, -0.1) is 0 Å². The fraction of sp³-hybridized carbons (Fsp3) is 0.308. The van der Waals surface area contributed by atoms with Gasteiger partial charge in [0.2, 0.25) is 0 Å². The van der Waals surface area contributed by atoms with Crippen LogP contribution in [0.15, 0.2) is 40.3 Å². The maximum absolute atomic E-state index is 11.3. The molecule has 2 rings (SSSR count). The largest absolute Gasteiger partial charge is 0.335 e. The van der Waals surface area contributed by atoms with Gasteiger partial charge in [0.15, 0.2) is 0 Å². The molecule has 18 heavy (non-hydrogen) atoms. The summed E-state index contributed by atoms with van der Waals surface area (Å²) in [7, 11) is 0. The third-order valence-electron chi connectivity index (χ3n) is 2.74. The number of carbonyl (C=O) groups is 1. The van der Waals surface area contributed by atoms with Crippen LogP contribution in [-0.2, 0) is 4.79 Å². The van der Waals surface area contributed by atoms with Crippen LogP contribution >= 0.6 is 11.8 Å². The topological polar surface area (TPSA) is 52.6 Å². The molecule has 0 radical (unpaired) electrons. The summed E-state index contributed by atoms with van der Waals surface area (Å²) in [5.41, 5.74) is 2.77. The van der Waals surface area contributed by atoms with E-state index in [2.05, 4.69) is 17.9 Å². The van der Waals surface area contributed by atoms with Gasteiger partial charge in [-0.2, -0.15) is 0 Å². The smallest absolute Gasteiger partial charge is 0.269 e. The van der Waals surface area contributed by atoms with Crippen LogP contribution in [0.4, 0.5) is 5.69 Å². The first kappa shape index (κ1) is 13.0. The number of para-hydroxylation sites is 1. The fourth-order valence-corrected chi connectivity index (χ4v) is 2.97. The number of rotatable bonds is 4. The van der Waals surface area contributed by atoms with Gasteiger partial charge in [0.1, 0.15) is 0 Å². The Morgan fingerprint density at radius 2 is 2.28 bits per heavy atom. The van der Waals surface area contributed by atoms with E-state index in [0.29, 0.717) is 0 Å². The van der Waals surface area contributed by atoms with E-state index in [1.807, 2.05) is 18.2 Å². The van der Waals surface area contributed by atoms with Gasteiger partial charge in [-0.3, -0.25) is 10.0 Å². The van der Waals surface area contributed by atoms with Crippen LogP contribution in [-0.4, -0.2) is 17.7 Å². The lowest BCUT2D eigenvalue weighted by atomic mass is 10.2. The number of hydroxylamine groups is 1. The first-order valence-electron chi connectivity index (χ1n) is 5.96. The first-order valence-corrected chi connectivity index (χ1v) is 6.78. The molecule has 4 nitrogen and oxygen atoms in total. The van der Waals surface area contributed by atoms with Crippen LogP contribution in [0.25, 0.3) is 0 Å².